The number of para-hydroxylation sites is 1. The van der Waals surface area contributed by atoms with E-state index in [1.54, 1.807) is 22.8 Å². The lowest BCUT2D eigenvalue weighted by Crippen LogP contribution is -2.24. The van der Waals surface area contributed by atoms with Crippen LogP contribution in [-0.4, -0.2) is 10.5 Å². The molecule has 0 radical (unpaired) electrons. The predicted molar refractivity (Wildman–Crippen MR) is 107 cm³/mol. The molecule has 0 saturated heterocycles. The van der Waals surface area contributed by atoms with Gasteiger partial charge in [0, 0.05) is 35.1 Å². The molecule has 1 N–H and O–H groups in total. The fourth-order valence-electron chi connectivity index (χ4n) is 3.18. The van der Waals surface area contributed by atoms with E-state index >= 15 is 0 Å². The highest BCUT2D eigenvalue weighted by atomic mass is 35.5. The van der Waals surface area contributed by atoms with Gasteiger partial charge < -0.3 is 9.88 Å². The zero-order chi connectivity index (χ0) is 18.8. The Morgan fingerprint density at radius 3 is 2.58 bits per heavy atom. The van der Waals surface area contributed by atoms with Crippen LogP contribution in [0.4, 0.5) is 5.69 Å². The Morgan fingerprint density at radius 1 is 1.08 bits per heavy atom. The smallest absolute Gasteiger partial charge is 0.251 e. The van der Waals surface area contributed by atoms with Gasteiger partial charge in [0.15, 0.2) is 0 Å². The Labute approximate surface area is 157 Å². The molecule has 1 amide bonds. The summed E-state index contributed by atoms with van der Waals surface area (Å²) in [5.41, 5.74) is 4.30. The zero-order valence-electron chi connectivity index (χ0n) is 15.1. The first-order chi connectivity index (χ1) is 12.4. The van der Waals surface area contributed by atoms with Gasteiger partial charge in [-0.1, -0.05) is 35.9 Å². The number of amides is 1. The van der Waals surface area contributed by atoms with Crippen molar-refractivity contribution in [3.8, 4) is 0 Å². The molecule has 2 aromatic carbocycles. The minimum atomic E-state index is -0.149. The third kappa shape index (κ3) is 3.51. The highest BCUT2D eigenvalue weighted by molar-refractivity contribution is 6.31. The minimum absolute atomic E-state index is 0.0870. The molecule has 4 nitrogen and oxygen atoms in total. The second-order valence-corrected chi connectivity index (χ2v) is 6.91. The van der Waals surface area contributed by atoms with E-state index in [2.05, 4.69) is 5.32 Å². The van der Waals surface area contributed by atoms with Crippen LogP contribution < -0.4 is 10.9 Å². The van der Waals surface area contributed by atoms with E-state index in [-0.39, 0.29) is 17.9 Å². The number of aryl methyl sites for hydroxylation is 3. The Hall–Kier alpha value is -2.59. The molecule has 0 aliphatic rings. The number of carbonyl (C=O) groups is 1. The lowest BCUT2D eigenvalue weighted by Gasteiger charge is -2.14. The van der Waals surface area contributed by atoms with Crippen LogP contribution in [0.15, 0.2) is 47.3 Å². The average molecular weight is 369 g/mol. The number of hydrogen-bond acceptors (Lipinski definition) is 2. The maximum absolute atomic E-state index is 12.5. The zero-order valence-corrected chi connectivity index (χ0v) is 15.9. The van der Waals surface area contributed by atoms with E-state index in [4.69, 9.17) is 11.6 Å². The average Bonchev–Trinajstić information content (AvgIpc) is 2.59. The number of anilines is 1. The summed E-state index contributed by atoms with van der Waals surface area (Å²) < 4.78 is 1.68. The van der Waals surface area contributed by atoms with Crippen LogP contribution >= 0.6 is 11.6 Å². The van der Waals surface area contributed by atoms with Gasteiger partial charge in [-0.2, -0.15) is 0 Å². The molecule has 3 rings (SSSR count). The summed E-state index contributed by atoms with van der Waals surface area (Å²) in [5, 5.41) is 4.52. The van der Waals surface area contributed by atoms with Crippen molar-refractivity contribution in [3.05, 3.63) is 74.5 Å². The molecule has 0 atom stereocenters. The van der Waals surface area contributed by atoms with Crippen molar-refractivity contribution in [2.75, 3.05) is 5.32 Å². The van der Waals surface area contributed by atoms with Crippen LogP contribution in [0.2, 0.25) is 5.02 Å². The summed E-state index contributed by atoms with van der Waals surface area (Å²) in [4.78, 5) is 24.9. The van der Waals surface area contributed by atoms with E-state index in [1.807, 2.05) is 45.0 Å². The molecule has 0 fully saturated rings. The van der Waals surface area contributed by atoms with Crippen LogP contribution in [0.1, 0.15) is 23.1 Å². The van der Waals surface area contributed by atoms with Crippen molar-refractivity contribution in [1.29, 1.82) is 0 Å². The predicted octanol–water partition coefficient (Wildman–Crippen LogP) is 4.61. The molecule has 0 bridgehead atoms. The minimum Gasteiger partial charge on any atom is -0.326 e. The maximum Gasteiger partial charge on any atom is 0.251 e. The Bertz CT molecular complexity index is 1050. The van der Waals surface area contributed by atoms with Crippen LogP contribution in [-0.2, 0) is 11.3 Å². The fraction of sp³-hybridized carbons (Fsp3) is 0.238. The molecule has 0 aliphatic heterocycles. The normalized spacial score (nSPS) is 10.9. The van der Waals surface area contributed by atoms with Crippen molar-refractivity contribution in [3.63, 3.8) is 0 Å². The SMILES string of the molecule is Cc1c(Cl)cccc1NC(=O)CCn1c(=O)cc(C)c2cccc(C)c21. The fourth-order valence-corrected chi connectivity index (χ4v) is 3.35. The molecule has 0 unspecified atom stereocenters. The number of aromatic nitrogens is 1. The van der Waals surface area contributed by atoms with Crippen LogP contribution in [0.25, 0.3) is 10.9 Å². The van der Waals surface area contributed by atoms with Crippen molar-refractivity contribution in [1.82, 2.24) is 4.57 Å². The monoisotopic (exact) mass is 368 g/mol. The molecule has 5 heteroatoms. The highest BCUT2D eigenvalue weighted by Crippen LogP contribution is 2.23. The Morgan fingerprint density at radius 2 is 1.81 bits per heavy atom. The van der Waals surface area contributed by atoms with Gasteiger partial charge >= 0.3 is 0 Å². The van der Waals surface area contributed by atoms with E-state index in [9.17, 15) is 9.59 Å². The van der Waals surface area contributed by atoms with Crippen LogP contribution in [0.5, 0.6) is 0 Å². The van der Waals surface area contributed by atoms with Gasteiger partial charge in [0.25, 0.3) is 5.56 Å². The van der Waals surface area contributed by atoms with E-state index in [0.717, 1.165) is 27.6 Å². The third-order valence-electron chi connectivity index (χ3n) is 4.64. The Kier molecular flexibility index (Phi) is 5.14. The van der Waals surface area contributed by atoms with E-state index in [0.29, 0.717) is 17.3 Å². The van der Waals surface area contributed by atoms with Crippen molar-refractivity contribution < 1.29 is 4.79 Å². The number of nitrogens with zero attached hydrogens (tertiary/aromatic N) is 1. The molecule has 0 spiro atoms. The number of carbonyl (C=O) groups excluding carboxylic acids is 1. The third-order valence-corrected chi connectivity index (χ3v) is 5.05. The first kappa shape index (κ1) is 18.2. The molecule has 26 heavy (non-hydrogen) atoms. The van der Waals surface area contributed by atoms with Gasteiger partial charge in [-0.15, -0.1) is 0 Å². The van der Waals surface area contributed by atoms with Crippen LogP contribution in [0.3, 0.4) is 0 Å². The summed E-state index contributed by atoms with van der Waals surface area (Å²) in [6, 6.07) is 13.0. The topological polar surface area (TPSA) is 51.1 Å². The highest BCUT2D eigenvalue weighted by Gasteiger charge is 2.11. The van der Waals surface area contributed by atoms with Crippen molar-refractivity contribution in [2.45, 2.75) is 33.7 Å². The number of pyridine rings is 1. The number of hydrogen-bond donors (Lipinski definition) is 1. The summed E-state index contributed by atoms with van der Waals surface area (Å²) in [6.45, 7) is 6.10. The largest absolute Gasteiger partial charge is 0.326 e. The second-order valence-electron chi connectivity index (χ2n) is 6.50. The first-order valence-corrected chi connectivity index (χ1v) is 8.91. The molecule has 1 aromatic heterocycles. The molecule has 0 aliphatic carbocycles. The van der Waals surface area contributed by atoms with Crippen molar-refractivity contribution >= 4 is 34.1 Å². The number of benzene rings is 2. The number of halogens is 1. The van der Waals surface area contributed by atoms with Gasteiger partial charge in [0.05, 0.1) is 5.52 Å². The lowest BCUT2D eigenvalue weighted by atomic mass is 10.1. The van der Waals surface area contributed by atoms with Gasteiger partial charge in [0.1, 0.15) is 0 Å². The van der Waals surface area contributed by atoms with Gasteiger partial charge in [-0.25, -0.2) is 0 Å². The van der Waals surface area contributed by atoms with E-state index < -0.39 is 0 Å². The van der Waals surface area contributed by atoms with Gasteiger partial charge in [-0.3, -0.25) is 9.59 Å². The quantitative estimate of drug-likeness (QED) is 0.731. The molecule has 0 saturated carbocycles. The first-order valence-electron chi connectivity index (χ1n) is 8.53. The van der Waals surface area contributed by atoms with Gasteiger partial charge in [-0.05, 0) is 49.6 Å². The Balaban J connectivity index is 1.85. The number of fused-ring (bicyclic) bond motifs is 1. The molecule has 3 aromatic rings. The lowest BCUT2D eigenvalue weighted by molar-refractivity contribution is -0.116. The van der Waals surface area contributed by atoms with Crippen LogP contribution in [0, 0.1) is 20.8 Å². The molecular formula is C21H21ClN2O2. The second kappa shape index (κ2) is 7.34. The summed E-state index contributed by atoms with van der Waals surface area (Å²) in [5.74, 6) is -0.149. The standard InChI is InChI=1S/C21H21ClN2O2/c1-13-6-4-7-16-14(2)12-20(26)24(21(13)16)11-10-19(25)23-18-9-5-8-17(22)15(18)3/h4-9,12H,10-11H2,1-3H3,(H,23,25). The number of rotatable bonds is 4. The molecular weight excluding hydrogens is 348 g/mol. The maximum atomic E-state index is 12.5. The van der Waals surface area contributed by atoms with Gasteiger partial charge in [0.2, 0.25) is 5.91 Å². The number of nitrogens with one attached hydrogen (secondary N) is 1. The molecule has 134 valence electrons. The molecule has 1 heterocycles. The summed E-state index contributed by atoms with van der Waals surface area (Å²) in [6.07, 6.45) is 0.207. The van der Waals surface area contributed by atoms with E-state index in [1.165, 1.54) is 0 Å². The summed E-state index contributed by atoms with van der Waals surface area (Å²) in [7, 11) is 0. The summed E-state index contributed by atoms with van der Waals surface area (Å²) >= 11 is 6.09. The van der Waals surface area contributed by atoms with Crippen molar-refractivity contribution in [2.24, 2.45) is 0 Å².